The summed E-state index contributed by atoms with van der Waals surface area (Å²) < 4.78 is 0. The maximum absolute atomic E-state index is 4.50. The molecule has 22 heavy (non-hydrogen) atoms. The van der Waals surface area contributed by atoms with Crippen LogP contribution in [0.25, 0.3) is 0 Å². The molecule has 1 saturated heterocycles. The molecule has 2 aliphatic rings. The van der Waals surface area contributed by atoms with Crippen LogP contribution in [0.1, 0.15) is 43.7 Å². The van der Waals surface area contributed by atoms with Gasteiger partial charge in [-0.15, -0.1) is 0 Å². The normalized spacial score (nSPS) is 24.4. The highest BCUT2D eigenvalue weighted by molar-refractivity contribution is 5.80. The van der Waals surface area contributed by atoms with Crippen LogP contribution in [-0.4, -0.2) is 37.5 Å². The van der Waals surface area contributed by atoms with Gasteiger partial charge in [0.2, 0.25) is 0 Å². The lowest BCUT2D eigenvalue weighted by Crippen LogP contribution is -2.43. The minimum atomic E-state index is 0.655. The fraction of sp³-hybridized carbons (Fsp3) is 0.632. The van der Waals surface area contributed by atoms with Gasteiger partial charge in [-0.2, -0.15) is 0 Å². The molecule has 0 spiro atoms. The number of fused-ring (bicyclic) bond motifs is 1. The fourth-order valence-electron chi connectivity index (χ4n) is 3.98. The molecule has 3 nitrogen and oxygen atoms in total. The van der Waals surface area contributed by atoms with Crippen molar-refractivity contribution in [2.45, 2.75) is 39.0 Å². The number of hydrogen-bond donors (Lipinski definition) is 1. The van der Waals surface area contributed by atoms with E-state index in [2.05, 4.69) is 53.3 Å². The lowest BCUT2D eigenvalue weighted by Gasteiger charge is -2.32. The van der Waals surface area contributed by atoms with E-state index in [4.69, 9.17) is 0 Å². The van der Waals surface area contributed by atoms with Crippen molar-refractivity contribution in [1.82, 2.24) is 10.2 Å². The summed E-state index contributed by atoms with van der Waals surface area (Å²) in [7, 11) is 1.91. The highest BCUT2D eigenvalue weighted by Crippen LogP contribution is 2.34. The van der Waals surface area contributed by atoms with E-state index in [9.17, 15) is 0 Å². The molecule has 3 heteroatoms. The van der Waals surface area contributed by atoms with E-state index in [1.54, 1.807) is 0 Å². The van der Waals surface area contributed by atoms with Crippen LogP contribution in [0.15, 0.2) is 29.3 Å². The molecule has 0 bridgehead atoms. The maximum atomic E-state index is 4.50. The fourth-order valence-corrected chi connectivity index (χ4v) is 3.98. The van der Waals surface area contributed by atoms with E-state index < -0.39 is 0 Å². The highest BCUT2D eigenvalue weighted by atomic mass is 15.3. The molecule has 1 aliphatic carbocycles. The Morgan fingerprint density at radius 2 is 2.18 bits per heavy atom. The third-order valence-corrected chi connectivity index (χ3v) is 5.07. The smallest absolute Gasteiger partial charge is 0.193 e. The van der Waals surface area contributed by atoms with Crippen molar-refractivity contribution in [1.29, 1.82) is 0 Å². The monoisotopic (exact) mass is 299 g/mol. The molecular weight excluding hydrogens is 270 g/mol. The Labute approximate surface area is 134 Å². The first-order valence-electron chi connectivity index (χ1n) is 8.70. The van der Waals surface area contributed by atoms with Crippen molar-refractivity contribution in [2.24, 2.45) is 16.8 Å². The lowest BCUT2D eigenvalue weighted by molar-refractivity contribution is 0.402. The van der Waals surface area contributed by atoms with Crippen LogP contribution in [-0.2, 0) is 6.42 Å². The van der Waals surface area contributed by atoms with Gasteiger partial charge in [0.05, 0.1) is 0 Å². The zero-order chi connectivity index (χ0) is 15.5. The summed E-state index contributed by atoms with van der Waals surface area (Å²) in [6.07, 6.45) is 3.85. The van der Waals surface area contributed by atoms with Crippen LogP contribution < -0.4 is 5.32 Å². The first-order valence-corrected chi connectivity index (χ1v) is 8.70. The van der Waals surface area contributed by atoms with Crippen molar-refractivity contribution < 1.29 is 0 Å². The summed E-state index contributed by atoms with van der Waals surface area (Å²) in [5, 5.41) is 3.60. The predicted molar refractivity (Wildman–Crippen MR) is 93.4 cm³/mol. The maximum Gasteiger partial charge on any atom is 0.193 e. The van der Waals surface area contributed by atoms with Crippen molar-refractivity contribution in [3.8, 4) is 0 Å². The molecule has 1 aromatic rings. The second kappa shape index (κ2) is 6.72. The van der Waals surface area contributed by atoms with Crippen molar-refractivity contribution >= 4 is 5.96 Å². The molecule has 0 amide bonds. The zero-order valence-electron chi connectivity index (χ0n) is 14.2. The van der Waals surface area contributed by atoms with E-state index >= 15 is 0 Å². The molecule has 2 atom stereocenters. The van der Waals surface area contributed by atoms with Gasteiger partial charge in [0, 0.05) is 32.6 Å². The summed E-state index contributed by atoms with van der Waals surface area (Å²) in [5.41, 5.74) is 3.03. The Balaban J connectivity index is 1.50. The Morgan fingerprint density at radius 1 is 1.36 bits per heavy atom. The van der Waals surface area contributed by atoms with Crippen LogP contribution in [0, 0.1) is 11.8 Å². The molecule has 1 N–H and O–H groups in total. The number of nitrogens with zero attached hydrogens (tertiary/aromatic N) is 2. The van der Waals surface area contributed by atoms with Gasteiger partial charge in [-0.25, -0.2) is 0 Å². The van der Waals surface area contributed by atoms with Crippen LogP contribution in [0.5, 0.6) is 0 Å². The van der Waals surface area contributed by atoms with E-state index in [-0.39, 0.29) is 0 Å². The van der Waals surface area contributed by atoms with Gasteiger partial charge < -0.3 is 10.2 Å². The number of likely N-dealkylation sites (tertiary alicyclic amines) is 1. The molecule has 1 heterocycles. The van der Waals surface area contributed by atoms with E-state index in [1.807, 2.05) is 7.05 Å². The molecule has 1 aromatic carbocycles. The van der Waals surface area contributed by atoms with Crippen LogP contribution >= 0.6 is 0 Å². The van der Waals surface area contributed by atoms with E-state index in [0.29, 0.717) is 5.92 Å². The second-order valence-electron chi connectivity index (χ2n) is 7.26. The Bertz CT molecular complexity index is 535. The van der Waals surface area contributed by atoms with Gasteiger partial charge in [0.25, 0.3) is 0 Å². The second-order valence-corrected chi connectivity index (χ2v) is 7.26. The summed E-state index contributed by atoms with van der Waals surface area (Å²) in [6, 6.07) is 8.80. The molecular formula is C19H29N3. The lowest BCUT2D eigenvalue weighted by atomic mass is 9.78. The molecule has 2 unspecified atom stereocenters. The summed E-state index contributed by atoms with van der Waals surface area (Å²) in [6.45, 7) is 7.97. The van der Waals surface area contributed by atoms with Crippen LogP contribution in [0.2, 0.25) is 0 Å². The molecule has 0 aromatic heterocycles. The average molecular weight is 299 g/mol. The van der Waals surface area contributed by atoms with Crippen molar-refractivity contribution in [3.63, 3.8) is 0 Å². The number of nitrogens with one attached hydrogen (secondary N) is 1. The van der Waals surface area contributed by atoms with Gasteiger partial charge in [0.15, 0.2) is 5.96 Å². The SMILES string of the molecule is CN=C(NCC1Cc2ccccc21)N1CCC(CC(C)C)C1. The van der Waals surface area contributed by atoms with Crippen LogP contribution in [0.4, 0.5) is 0 Å². The average Bonchev–Trinajstić information content (AvgIpc) is 2.91. The molecule has 1 fully saturated rings. The zero-order valence-corrected chi connectivity index (χ0v) is 14.2. The number of hydrogen-bond acceptors (Lipinski definition) is 1. The summed E-state index contributed by atoms with van der Waals surface area (Å²) in [5.74, 6) is 3.38. The number of aliphatic imine (C=N–C) groups is 1. The minimum Gasteiger partial charge on any atom is -0.356 e. The van der Waals surface area contributed by atoms with Crippen molar-refractivity contribution in [3.05, 3.63) is 35.4 Å². The predicted octanol–water partition coefficient (Wildman–Crippen LogP) is 3.27. The summed E-state index contributed by atoms with van der Waals surface area (Å²) >= 11 is 0. The van der Waals surface area contributed by atoms with Gasteiger partial charge in [0.1, 0.15) is 0 Å². The van der Waals surface area contributed by atoms with Gasteiger partial charge >= 0.3 is 0 Å². The van der Waals surface area contributed by atoms with Gasteiger partial charge in [-0.05, 0) is 42.2 Å². The van der Waals surface area contributed by atoms with Crippen LogP contribution in [0.3, 0.4) is 0 Å². The Kier molecular flexibility index (Phi) is 4.70. The van der Waals surface area contributed by atoms with E-state index in [1.165, 1.54) is 36.9 Å². The van der Waals surface area contributed by atoms with Crippen molar-refractivity contribution in [2.75, 3.05) is 26.7 Å². The third-order valence-electron chi connectivity index (χ3n) is 5.07. The third kappa shape index (κ3) is 3.29. The molecule has 120 valence electrons. The quantitative estimate of drug-likeness (QED) is 0.682. The standard InChI is InChI=1S/C19H29N3/c1-14(2)10-15-8-9-22(13-15)19(20-3)21-12-17-11-16-6-4-5-7-18(16)17/h4-7,14-15,17H,8-13H2,1-3H3,(H,20,21). The highest BCUT2D eigenvalue weighted by Gasteiger charge is 2.28. The topological polar surface area (TPSA) is 27.6 Å². The minimum absolute atomic E-state index is 0.655. The van der Waals surface area contributed by atoms with Gasteiger partial charge in [-0.1, -0.05) is 38.1 Å². The Morgan fingerprint density at radius 3 is 2.91 bits per heavy atom. The Hall–Kier alpha value is -1.51. The largest absolute Gasteiger partial charge is 0.356 e. The van der Waals surface area contributed by atoms with E-state index in [0.717, 1.165) is 30.9 Å². The number of guanidine groups is 1. The number of benzene rings is 1. The van der Waals surface area contributed by atoms with Gasteiger partial charge in [-0.3, -0.25) is 4.99 Å². The molecule has 1 aliphatic heterocycles. The summed E-state index contributed by atoms with van der Waals surface area (Å²) in [4.78, 5) is 6.94. The molecule has 0 radical (unpaired) electrons. The molecule has 0 saturated carbocycles. The molecule has 3 rings (SSSR count). The first kappa shape index (κ1) is 15.4. The first-order chi connectivity index (χ1) is 10.7. The number of rotatable bonds is 4.